The molecular formula is C6H8N4O2. The lowest BCUT2D eigenvalue weighted by molar-refractivity contribution is -0.119. The lowest BCUT2D eigenvalue weighted by Gasteiger charge is -1.97. The highest BCUT2D eigenvalue weighted by atomic mass is 16.4. The monoisotopic (exact) mass is 168 g/mol. The molecule has 0 unspecified atom stereocenters. The van der Waals surface area contributed by atoms with Crippen LogP contribution in [0.15, 0.2) is 4.42 Å². The zero-order chi connectivity index (χ0) is 8.55. The molecule has 6 nitrogen and oxygen atoms in total. The van der Waals surface area contributed by atoms with Gasteiger partial charge in [-0.1, -0.05) is 5.10 Å². The summed E-state index contributed by atoms with van der Waals surface area (Å²) in [5.41, 5.74) is 5.24. The summed E-state index contributed by atoms with van der Waals surface area (Å²) in [6, 6.07) is 0.0457. The number of hydrogen-bond acceptors (Lipinski definition) is 5. The van der Waals surface area contributed by atoms with E-state index in [0.717, 1.165) is 0 Å². The maximum Gasteiger partial charge on any atom is 0.312 e. The number of amides is 1. The van der Waals surface area contributed by atoms with Crippen molar-refractivity contribution in [1.82, 2.24) is 15.5 Å². The highest BCUT2D eigenvalue weighted by Crippen LogP contribution is 2.21. The van der Waals surface area contributed by atoms with Gasteiger partial charge >= 0.3 is 6.01 Å². The number of nitrogens with two attached hydrogens (primary N) is 1. The van der Waals surface area contributed by atoms with Crippen LogP contribution in [0.25, 0.3) is 0 Å². The summed E-state index contributed by atoms with van der Waals surface area (Å²) in [7, 11) is 0. The second-order valence-electron chi connectivity index (χ2n) is 2.68. The molecule has 1 aliphatic heterocycles. The fourth-order valence-corrected chi connectivity index (χ4v) is 1.19. The molecule has 12 heavy (non-hydrogen) atoms. The van der Waals surface area contributed by atoms with Crippen molar-refractivity contribution in [3.05, 3.63) is 5.89 Å². The Morgan fingerprint density at radius 3 is 2.92 bits per heavy atom. The Bertz CT molecular complexity index is 308. The molecule has 0 aromatic carbocycles. The quantitative estimate of drug-likeness (QED) is 0.575. The highest BCUT2D eigenvalue weighted by Gasteiger charge is 2.27. The van der Waals surface area contributed by atoms with Crippen LogP contribution in [0.4, 0.5) is 6.01 Å². The van der Waals surface area contributed by atoms with Gasteiger partial charge in [0.25, 0.3) is 0 Å². The van der Waals surface area contributed by atoms with Crippen LogP contribution in [0.1, 0.15) is 18.2 Å². The number of carbonyl (C=O) groups is 1. The summed E-state index contributed by atoms with van der Waals surface area (Å²) in [6.07, 6.45) is 0.404. The predicted molar refractivity (Wildman–Crippen MR) is 39.1 cm³/mol. The van der Waals surface area contributed by atoms with E-state index in [1.165, 1.54) is 0 Å². The molecule has 1 saturated heterocycles. The normalized spacial score (nSPS) is 22.7. The number of nitrogen functional groups attached to an aromatic ring is 1. The maximum absolute atomic E-state index is 10.8. The van der Waals surface area contributed by atoms with E-state index < -0.39 is 0 Å². The van der Waals surface area contributed by atoms with Crippen LogP contribution in [-0.2, 0) is 4.79 Å². The molecule has 0 aliphatic carbocycles. The van der Waals surface area contributed by atoms with Crippen molar-refractivity contribution in [3.8, 4) is 0 Å². The van der Waals surface area contributed by atoms with Crippen molar-refractivity contribution in [2.75, 3.05) is 12.3 Å². The van der Waals surface area contributed by atoms with Gasteiger partial charge in [0, 0.05) is 13.0 Å². The Kier molecular flexibility index (Phi) is 1.46. The number of carbonyl (C=O) groups excluding carboxylic acids is 1. The van der Waals surface area contributed by atoms with Crippen molar-refractivity contribution in [2.24, 2.45) is 0 Å². The van der Waals surface area contributed by atoms with E-state index in [2.05, 4.69) is 15.5 Å². The van der Waals surface area contributed by atoms with Crippen LogP contribution in [0.5, 0.6) is 0 Å². The van der Waals surface area contributed by atoms with Crippen LogP contribution >= 0.6 is 0 Å². The van der Waals surface area contributed by atoms with E-state index in [9.17, 15) is 4.79 Å². The summed E-state index contributed by atoms with van der Waals surface area (Å²) in [6.45, 7) is 0.556. The van der Waals surface area contributed by atoms with E-state index in [-0.39, 0.29) is 17.8 Å². The molecule has 0 spiro atoms. The fourth-order valence-electron chi connectivity index (χ4n) is 1.19. The van der Waals surface area contributed by atoms with Crippen molar-refractivity contribution in [1.29, 1.82) is 0 Å². The first-order valence-electron chi connectivity index (χ1n) is 3.61. The van der Waals surface area contributed by atoms with E-state index in [0.29, 0.717) is 18.9 Å². The van der Waals surface area contributed by atoms with E-state index >= 15 is 0 Å². The molecule has 6 heteroatoms. The molecule has 3 N–H and O–H groups in total. The van der Waals surface area contributed by atoms with Gasteiger partial charge in [-0.25, -0.2) is 0 Å². The average Bonchev–Trinajstić information content (AvgIpc) is 2.58. The van der Waals surface area contributed by atoms with Gasteiger partial charge in [-0.05, 0) is 0 Å². The lowest BCUT2D eigenvalue weighted by Crippen LogP contribution is -2.13. The van der Waals surface area contributed by atoms with Gasteiger partial charge in [0.1, 0.15) is 0 Å². The average molecular weight is 168 g/mol. The largest absolute Gasteiger partial charge is 0.408 e. The van der Waals surface area contributed by atoms with E-state index in [1.54, 1.807) is 0 Å². The standard InChI is InChI=1S/C6H8N4O2/c7-6-10-9-5(12-6)3-1-4(11)8-2-3/h3H,1-2H2,(H2,7,10)(H,8,11)/t3-/m0/s1. The van der Waals surface area contributed by atoms with E-state index in [1.807, 2.05) is 0 Å². The predicted octanol–water partition coefficient (Wildman–Crippen LogP) is -0.745. The third kappa shape index (κ3) is 1.11. The van der Waals surface area contributed by atoms with Crippen LogP contribution in [0, 0.1) is 0 Å². The van der Waals surface area contributed by atoms with Gasteiger partial charge in [-0.3, -0.25) is 4.79 Å². The SMILES string of the molecule is Nc1nnc([C@@H]2CNC(=O)C2)o1. The number of aromatic nitrogens is 2. The van der Waals surface area contributed by atoms with Gasteiger partial charge in [-0.2, -0.15) is 0 Å². The fraction of sp³-hybridized carbons (Fsp3) is 0.500. The number of nitrogens with one attached hydrogen (secondary N) is 1. The molecule has 1 amide bonds. The third-order valence-electron chi connectivity index (χ3n) is 1.78. The molecular weight excluding hydrogens is 160 g/mol. The molecule has 1 aromatic rings. The summed E-state index contributed by atoms with van der Waals surface area (Å²) in [4.78, 5) is 10.8. The Labute approximate surface area is 68.1 Å². The van der Waals surface area contributed by atoms with Crippen molar-refractivity contribution in [3.63, 3.8) is 0 Å². The Morgan fingerprint density at radius 1 is 1.58 bits per heavy atom. The highest BCUT2D eigenvalue weighted by molar-refractivity contribution is 5.79. The number of rotatable bonds is 1. The molecule has 2 rings (SSSR count). The minimum absolute atomic E-state index is 0.0109. The summed E-state index contributed by atoms with van der Waals surface area (Å²) in [5.74, 6) is 0.435. The summed E-state index contributed by atoms with van der Waals surface area (Å²) in [5, 5.41) is 9.88. The van der Waals surface area contributed by atoms with Gasteiger partial charge in [0.2, 0.25) is 11.8 Å². The molecule has 2 heterocycles. The molecule has 1 aliphatic rings. The zero-order valence-electron chi connectivity index (χ0n) is 6.28. The smallest absolute Gasteiger partial charge is 0.312 e. The first-order chi connectivity index (χ1) is 5.75. The lowest BCUT2D eigenvalue weighted by atomic mass is 10.1. The van der Waals surface area contributed by atoms with Gasteiger partial charge < -0.3 is 15.5 Å². The van der Waals surface area contributed by atoms with Crippen molar-refractivity contribution in [2.45, 2.75) is 12.3 Å². The van der Waals surface area contributed by atoms with Gasteiger partial charge in [-0.15, -0.1) is 5.10 Å². The first-order valence-corrected chi connectivity index (χ1v) is 3.61. The molecule has 1 fully saturated rings. The molecule has 1 atom stereocenters. The van der Waals surface area contributed by atoms with Crippen LogP contribution in [0.2, 0.25) is 0 Å². The van der Waals surface area contributed by atoms with Crippen molar-refractivity contribution >= 4 is 11.9 Å². The molecule has 0 saturated carbocycles. The Morgan fingerprint density at radius 2 is 2.42 bits per heavy atom. The first kappa shape index (κ1) is 7.08. The second kappa shape index (κ2) is 2.47. The Balaban J connectivity index is 2.15. The topological polar surface area (TPSA) is 94.0 Å². The maximum atomic E-state index is 10.8. The molecule has 1 aromatic heterocycles. The number of hydrogen-bond donors (Lipinski definition) is 2. The zero-order valence-corrected chi connectivity index (χ0v) is 6.28. The van der Waals surface area contributed by atoms with E-state index in [4.69, 9.17) is 10.2 Å². The van der Waals surface area contributed by atoms with Crippen molar-refractivity contribution < 1.29 is 9.21 Å². The van der Waals surface area contributed by atoms with Crippen LogP contribution in [-0.4, -0.2) is 22.6 Å². The van der Waals surface area contributed by atoms with Crippen LogP contribution < -0.4 is 11.1 Å². The number of anilines is 1. The Hall–Kier alpha value is -1.59. The summed E-state index contributed by atoms with van der Waals surface area (Å²) < 4.78 is 4.98. The second-order valence-corrected chi connectivity index (χ2v) is 2.68. The van der Waals surface area contributed by atoms with Gasteiger partial charge in [0.15, 0.2) is 0 Å². The molecule has 0 bridgehead atoms. The number of nitrogens with zero attached hydrogens (tertiary/aromatic N) is 2. The molecule has 0 radical (unpaired) electrons. The minimum atomic E-state index is -0.0118. The van der Waals surface area contributed by atoms with Crippen LogP contribution in [0.3, 0.4) is 0 Å². The minimum Gasteiger partial charge on any atom is -0.408 e. The molecule has 64 valence electrons. The third-order valence-corrected chi connectivity index (χ3v) is 1.78. The van der Waals surface area contributed by atoms with Gasteiger partial charge in [0.05, 0.1) is 5.92 Å². The summed E-state index contributed by atoms with van der Waals surface area (Å²) >= 11 is 0.